The summed E-state index contributed by atoms with van der Waals surface area (Å²) in [5.74, 6) is 1.13. The van der Waals surface area contributed by atoms with Crippen molar-refractivity contribution in [2.45, 2.75) is 46.1 Å². The van der Waals surface area contributed by atoms with Crippen molar-refractivity contribution in [2.24, 2.45) is 23.3 Å². The van der Waals surface area contributed by atoms with E-state index in [0.29, 0.717) is 11.8 Å². The van der Waals surface area contributed by atoms with Crippen molar-refractivity contribution in [2.75, 3.05) is 6.54 Å². The second-order valence-corrected chi connectivity index (χ2v) is 4.24. The van der Waals surface area contributed by atoms with Gasteiger partial charge in [0.1, 0.15) is 0 Å². The number of hydrogen-bond donors (Lipinski definition) is 2. The van der Waals surface area contributed by atoms with Crippen molar-refractivity contribution in [3.8, 4) is 0 Å². The minimum Gasteiger partial charge on any atom is -0.330 e. The number of hydrogen-bond acceptors (Lipinski definition) is 2. The van der Waals surface area contributed by atoms with E-state index < -0.39 is 0 Å². The summed E-state index contributed by atoms with van der Waals surface area (Å²) in [6.45, 7) is 9.33. The van der Waals surface area contributed by atoms with Crippen LogP contribution in [0.2, 0.25) is 0 Å². The first kappa shape index (κ1) is 11.9. The highest BCUT2D eigenvalue weighted by molar-refractivity contribution is 4.86. The van der Waals surface area contributed by atoms with E-state index in [-0.39, 0.29) is 5.54 Å². The summed E-state index contributed by atoms with van der Waals surface area (Å²) in [7, 11) is 0. The molecule has 0 aliphatic heterocycles. The van der Waals surface area contributed by atoms with Crippen LogP contribution in [0.15, 0.2) is 0 Å². The van der Waals surface area contributed by atoms with Crippen LogP contribution in [-0.2, 0) is 0 Å². The van der Waals surface area contributed by atoms with Gasteiger partial charge in [-0.15, -0.1) is 0 Å². The van der Waals surface area contributed by atoms with E-state index >= 15 is 0 Å². The first-order valence-corrected chi connectivity index (χ1v) is 4.96. The molecule has 0 aromatic carbocycles. The lowest BCUT2D eigenvalue weighted by atomic mass is 9.76. The quantitative estimate of drug-likeness (QED) is 0.663. The highest BCUT2D eigenvalue weighted by Crippen LogP contribution is 2.27. The van der Waals surface area contributed by atoms with Gasteiger partial charge in [-0.2, -0.15) is 0 Å². The molecule has 0 aromatic heterocycles. The van der Waals surface area contributed by atoms with Crippen LogP contribution in [0.1, 0.15) is 40.5 Å². The summed E-state index contributed by atoms with van der Waals surface area (Å²) in [5.41, 5.74) is 11.7. The van der Waals surface area contributed by atoms with Crippen LogP contribution in [0.25, 0.3) is 0 Å². The van der Waals surface area contributed by atoms with Crippen LogP contribution in [0.3, 0.4) is 0 Å². The largest absolute Gasteiger partial charge is 0.330 e. The molecule has 4 N–H and O–H groups in total. The van der Waals surface area contributed by atoms with E-state index in [9.17, 15) is 0 Å². The van der Waals surface area contributed by atoms with Crippen molar-refractivity contribution in [1.82, 2.24) is 0 Å². The Morgan fingerprint density at radius 1 is 1.17 bits per heavy atom. The lowest BCUT2D eigenvalue weighted by Gasteiger charge is -2.35. The first-order valence-electron chi connectivity index (χ1n) is 4.96. The van der Waals surface area contributed by atoms with Crippen LogP contribution in [0, 0.1) is 11.8 Å². The molecule has 2 unspecified atom stereocenters. The van der Waals surface area contributed by atoms with Gasteiger partial charge in [-0.05, 0) is 32.2 Å². The van der Waals surface area contributed by atoms with Crippen molar-refractivity contribution >= 4 is 0 Å². The molecular formula is C10H24N2. The molecule has 0 fully saturated rings. The molecule has 2 atom stereocenters. The molecule has 2 heteroatoms. The van der Waals surface area contributed by atoms with Gasteiger partial charge in [0.05, 0.1) is 0 Å². The molecule has 0 saturated heterocycles. The molecule has 0 radical (unpaired) electrons. The van der Waals surface area contributed by atoms with Crippen LogP contribution in [-0.4, -0.2) is 12.1 Å². The maximum absolute atomic E-state index is 6.09. The maximum atomic E-state index is 6.09. The fraction of sp³-hybridized carbons (Fsp3) is 1.00. The summed E-state index contributed by atoms with van der Waals surface area (Å²) in [5, 5.41) is 0. The van der Waals surface area contributed by atoms with Gasteiger partial charge in [0.2, 0.25) is 0 Å². The van der Waals surface area contributed by atoms with Crippen molar-refractivity contribution in [3.05, 3.63) is 0 Å². The van der Waals surface area contributed by atoms with E-state index in [1.54, 1.807) is 0 Å². The molecule has 0 aliphatic rings. The molecule has 0 amide bonds. The van der Waals surface area contributed by atoms with Gasteiger partial charge in [-0.3, -0.25) is 0 Å². The molecule has 74 valence electrons. The minimum absolute atomic E-state index is 0.0885. The van der Waals surface area contributed by atoms with E-state index in [4.69, 9.17) is 11.5 Å². The van der Waals surface area contributed by atoms with Gasteiger partial charge in [0.25, 0.3) is 0 Å². The van der Waals surface area contributed by atoms with Crippen LogP contribution >= 0.6 is 0 Å². The van der Waals surface area contributed by atoms with E-state index in [0.717, 1.165) is 19.4 Å². The third kappa shape index (κ3) is 3.11. The minimum atomic E-state index is -0.0885. The Morgan fingerprint density at radius 2 is 1.67 bits per heavy atom. The smallest absolute Gasteiger partial charge is 0.0128 e. The molecular weight excluding hydrogens is 148 g/mol. The van der Waals surface area contributed by atoms with E-state index in [1.807, 2.05) is 0 Å². The van der Waals surface area contributed by atoms with Crippen LogP contribution in [0.4, 0.5) is 0 Å². The number of nitrogens with two attached hydrogens (primary N) is 2. The molecule has 0 spiro atoms. The molecule has 0 rings (SSSR count). The Bertz CT molecular complexity index is 111. The average Bonchev–Trinajstić information content (AvgIpc) is 1.97. The maximum Gasteiger partial charge on any atom is 0.0128 e. The summed E-state index contributed by atoms with van der Waals surface area (Å²) < 4.78 is 0. The molecule has 0 heterocycles. The second kappa shape index (κ2) is 4.83. The Morgan fingerprint density at radius 3 is 1.75 bits per heavy atom. The topological polar surface area (TPSA) is 52.0 Å². The lowest BCUT2D eigenvalue weighted by Crippen LogP contribution is -2.46. The lowest BCUT2D eigenvalue weighted by molar-refractivity contribution is 0.208. The van der Waals surface area contributed by atoms with Crippen molar-refractivity contribution in [3.63, 3.8) is 0 Å². The van der Waals surface area contributed by atoms with Gasteiger partial charge in [0, 0.05) is 5.54 Å². The average molecular weight is 172 g/mol. The fourth-order valence-corrected chi connectivity index (χ4v) is 2.08. The molecule has 0 aromatic rings. The Kier molecular flexibility index (Phi) is 4.80. The summed E-state index contributed by atoms with van der Waals surface area (Å²) in [4.78, 5) is 0. The molecule has 0 aliphatic carbocycles. The highest BCUT2D eigenvalue weighted by Gasteiger charge is 2.29. The van der Waals surface area contributed by atoms with Gasteiger partial charge in [-0.25, -0.2) is 0 Å². The Hall–Kier alpha value is -0.0800. The predicted molar refractivity (Wildman–Crippen MR) is 54.9 cm³/mol. The Balaban J connectivity index is 4.31. The molecule has 0 bridgehead atoms. The SMILES string of the molecule is CCC(CN)C(CC)C(C)(C)N. The van der Waals surface area contributed by atoms with Gasteiger partial charge in [-0.1, -0.05) is 26.7 Å². The number of rotatable bonds is 5. The molecule has 2 nitrogen and oxygen atoms in total. The molecule has 12 heavy (non-hydrogen) atoms. The zero-order valence-corrected chi connectivity index (χ0v) is 8.93. The normalized spacial score (nSPS) is 17.5. The van der Waals surface area contributed by atoms with Gasteiger partial charge >= 0.3 is 0 Å². The Labute approximate surface area is 76.7 Å². The molecule has 0 saturated carbocycles. The van der Waals surface area contributed by atoms with Crippen molar-refractivity contribution < 1.29 is 0 Å². The summed E-state index contributed by atoms with van der Waals surface area (Å²) in [6.07, 6.45) is 2.26. The second-order valence-electron chi connectivity index (χ2n) is 4.24. The van der Waals surface area contributed by atoms with Crippen LogP contribution in [0.5, 0.6) is 0 Å². The van der Waals surface area contributed by atoms with Crippen molar-refractivity contribution in [1.29, 1.82) is 0 Å². The zero-order valence-electron chi connectivity index (χ0n) is 8.93. The van der Waals surface area contributed by atoms with Gasteiger partial charge in [0.15, 0.2) is 0 Å². The summed E-state index contributed by atoms with van der Waals surface area (Å²) >= 11 is 0. The zero-order chi connectivity index (χ0) is 9.78. The van der Waals surface area contributed by atoms with E-state index in [1.165, 1.54) is 0 Å². The third-order valence-electron chi connectivity index (χ3n) is 2.79. The first-order chi connectivity index (χ1) is 5.47. The summed E-state index contributed by atoms with van der Waals surface area (Å²) in [6, 6.07) is 0. The van der Waals surface area contributed by atoms with Gasteiger partial charge < -0.3 is 11.5 Å². The highest BCUT2D eigenvalue weighted by atomic mass is 14.7. The van der Waals surface area contributed by atoms with Crippen LogP contribution < -0.4 is 11.5 Å². The fourth-order valence-electron chi connectivity index (χ4n) is 2.08. The standard InChI is InChI=1S/C10H24N2/c1-5-8(7-11)9(6-2)10(3,4)12/h8-9H,5-7,11-12H2,1-4H3. The van der Waals surface area contributed by atoms with E-state index in [2.05, 4.69) is 27.7 Å². The monoisotopic (exact) mass is 172 g/mol. The predicted octanol–water partition coefficient (Wildman–Crippen LogP) is 1.73. The third-order valence-corrected chi connectivity index (χ3v) is 2.79.